The van der Waals surface area contributed by atoms with Crippen molar-refractivity contribution >= 4 is 18.3 Å². The van der Waals surface area contributed by atoms with Crippen LogP contribution < -0.4 is 5.73 Å². The Morgan fingerprint density at radius 3 is 2.88 bits per heavy atom. The van der Waals surface area contributed by atoms with Crippen molar-refractivity contribution in [2.75, 3.05) is 0 Å². The van der Waals surface area contributed by atoms with Gasteiger partial charge in [-0.05, 0) is 18.9 Å². The zero-order valence-corrected chi connectivity index (χ0v) is 9.88. The Morgan fingerprint density at radius 2 is 2.29 bits per heavy atom. The minimum atomic E-state index is -0.511. The third-order valence-electron chi connectivity index (χ3n) is 2.02. The molecule has 0 aliphatic carbocycles. The van der Waals surface area contributed by atoms with Crippen LogP contribution in [-0.2, 0) is 11.3 Å². The molecule has 1 aromatic carbocycles. The van der Waals surface area contributed by atoms with Crippen molar-refractivity contribution in [1.29, 1.82) is 0 Å². The lowest BCUT2D eigenvalue weighted by molar-refractivity contribution is 0.203. The van der Waals surface area contributed by atoms with Crippen molar-refractivity contribution in [3.63, 3.8) is 0 Å². The van der Waals surface area contributed by atoms with Gasteiger partial charge in [0.1, 0.15) is 12.4 Å². The van der Waals surface area contributed by atoms with Crippen molar-refractivity contribution in [1.82, 2.24) is 0 Å². The maximum absolute atomic E-state index is 13.5. The van der Waals surface area contributed by atoms with Crippen LogP contribution in [0.25, 0.3) is 0 Å². The summed E-state index contributed by atoms with van der Waals surface area (Å²) in [5.74, 6) is -0.162. The van der Waals surface area contributed by atoms with Gasteiger partial charge in [-0.2, -0.15) is 0 Å². The van der Waals surface area contributed by atoms with Crippen LogP contribution in [0.2, 0.25) is 5.02 Å². The fraction of sp³-hybridized carbons (Fsp3) is 0.0833. The second-order valence-corrected chi connectivity index (χ2v) is 3.52. The molecular weight excluding hydrogens is 243 g/mol. The van der Waals surface area contributed by atoms with Crippen molar-refractivity contribution < 1.29 is 9.13 Å². The SMILES string of the molecule is C=C/C(OCc1cccc(Cl)c1F)=C(/N)N=C. The maximum atomic E-state index is 13.5. The lowest BCUT2D eigenvalue weighted by atomic mass is 10.2. The number of nitrogens with two attached hydrogens (primary N) is 1. The van der Waals surface area contributed by atoms with Crippen LogP contribution in [0.15, 0.2) is 47.4 Å². The van der Waals surface area contributed by atoms with E-state index in [4.69, 9.17) is 22.1 Å². The molecule has 2 N–H and O–H groups in total. The van der Waals surface area contributed by atoms with Gasteiger partial charge in [-0.3, -0.25) is 0 Å². The van der Waals surface area contributed by atoms with Gasteiger partial charge in [0, 0.05) is 5.56 Å². The van der Waals surface area contributed by atoms with E-state index < -0.39 is 5.82 Å². The molecular formula is C12H12ClFN2O. The van der Waals surface area contributed by atoms with Crippen LogP contribution in [0.4, 0.5) is 4.39 Å². The lowest BCUT2D eigenvalue weighted by Gasteiger charge is -2.09. The second-order valence-electron chi connectivity index (χ2n) is 3.11. The highest BCUT2D eigenvalue weighted by molar-refractivity contribution is 6.30. The molecule has 0 saturated heterocycles. The van der Waals surface area contributed by atoms with Gasteiger partial charge in [-0.25, -0.2) is 9.38 Å². The van der Waals surface area contributed by atoms with Crippen LogP contribution in [0.1, 0.15) is 5.56 Å². The third-order valence-corrected chi connectivity index (χ3v) is 2.31. The molecule has 0 heterocycles. The molecule has 3 nitrogen and oxygen atoms in total. The van der Waals surface area contributed by atoms with Crippen LogP contribution >= 0.6 is 11.6 Å². The van der Waals surface area contributed by atoms with E-state index >= 15 is 0 Å². The molecule has 5 heteroatoms. The van der Waals surface area contributed by atoms with E-state index in [1.807, 2.05) is 0 Å². The van der Waals surface area contributed by atoms with Gasteiger partial charge < -0.3 is 10.5 Å². The molecule has 0 radical (unpaired) electrons. The summed E-state index contributed by atoms with van der Waals surface area (Å²) < 4.78 is 18.8. The first kappa shape index (κ1) is 13.3. The molecule has 0 fully saturated rings. The molecule has 0 atom stereocenters. The Morgan fingerprint density at radius 1 is 1.59 bits per heavy atom. The first-order valence-corrected chi connectivity index (χ1v) is 5.12. The molecule has 0 aliphatic rings. The number of hydrogen-bond donors (Lipinski definition) is 1. The van der Waals surface area contributed by atoms with Gasteiger partial charge >= 0.3 is 0 Å². The van der Waals surface area contributed by atoms with Crippen molar-refractivity contribution in [3.8, 4) is 0 Å². The summed E-state index contributed by atoms with van der Waals surface area (Å²) in [5, 5.41) is 0.0463. The van der Waals surface area contributed by atoms with Gasteiger partial charge in [0.05, 0.1) is 5.02 Å². The summed E-state index contributed by atoms with van der Waals surface area (Å²) in [7, 11) is 0. The normalized spacial score (nSPS) is 11.6. The van der Waals surface area contributed by atoms with E-state index in [1.165, 1.54) is 12.1 Å². The predicted molar refractivity (Wildman–Crippen MR) is 67.2 cm³/mol. The fourth-order valence-corrected chi connectivity index (χ4v) is 1.32. The number of nitrogens with zero attached hydrogens (tertiary/aromatic N) is 1. The molecule has 0 amide bonds. The smallest absolute Gasteiger partial charge is 0.165 e. The first-order valence-electron chi connectivity index (χ1n) is 4.74. The summed E-state index contributed by atoms with van der Waals surface area (Å²) in [6, 6.07) is 4.67. The number of ether oxygens (including phenoxy) is 1. The standard InChI is InChI=1S/C12H12ClFN2O/c1-3-10(12(15)16-2)17-7-8-5-4-6-9(13)11(8)14/h3-6H,1-2,7,15H2/b12-10+. The number of benzene rings is 1. The fourth-order valence-electron chi connectivity index (χ4n) is 1.13. The highest BCUT2D eigenvalue weighted by Crippen LogP contribution is 2.19. The molecule has 0 aliphatic heterocycles. The predicted octanol–water partition coefficient (Wildman–Crippen LogP) is 3.01. The summed E-state index contributed by atoms with van der Waals surface area (Å²) in [6.45, 7) is 6.76. The van der Waals surface area contributed by atoms with Crippen LogP contribution in [0, 0.1) is 5.82 Å². The number of aliphatic imine (C=N–C) groups is 1. The average Bonchev–Trinajstić information content (AvgIpc) is 2.34. The maximum Gasteiger partial charge on any atom is 0.165 e. The highest BCUT2D eigenvalue weighted by atomic mass is 35.5. The van der Waals surface area contributed by atoms with Crippen LogP contribution in [0.5, 0.6) is 0 Å². The van der Waals surface area contributed by atoms with Gasteiger partial charge in [0.2, 0.25) is 0 Å². The van der Waals surface area contributed by atoms with Gasteiger partial charge in [0.25, 0.3) is 0 Å². The van der Waals surface area contributed by atoms with E-state index in [9.17, 15) is 4.39 Å². The first-order chi connectivity index (χ1) is 8.10. The Balaban J connectivity index is 2.83. The molecule has 0 spiro atoms. The summed E-state index contributed by atoms with van der Waals surface area (Å²) in [6.07, 6.45) is 1.38. The lowest BCUT2D eigenvalue weighted by Crippen LogP contribution is -2.03. The largest absolute Gasteiger partial charge is 0.485 e. The van der Waals surface area contributed by atoms with Crippen LogP contribution in [0.3, 0.4) is 0 Å². The molecule has 1 rings (SSSR count). The van der Waals surface area contributed by atoms with Gasteiger partial charge in [-0.1, -0.05) is 30.3 Å². The Kier molecular flexibility index (Phi) is 4.72. The second kappa shape index (κ2) is 6.06. The number of halogens is 2. The summed E-state index contributed by atoms with van der Waals surface area (Å²) >= 11 is 5.64. The third kappa shape index (κ3) is 3.32. The summed E-state index contributed by atoms with van der Waals surface area (Å²) in [4.78, 5) is 3.50. The van der Waals surface area contributed by atoms with E-state index in [0.29, 0.717) is 5.56 Å². The van der Waals surface area contributed by atoms with Gasteiger partial charge in [0.15, 0.2) is 11.6 Å². The van der Waals surface area contributed by atoms with E-state index in [-0.39, 0.29) is 23.2 Å². The molecule has 0 bridgehead atoms. The van der Waals surface area contributed by atoms with Gasteiger partial charge in [-0.15, -0.1) is 0 Å². The quantitative estimate of drug-likeness (QED) is 0.499. The minimum absolute atomic E-state index is 0.00995. The molecule has 17 heavy (non-hydrogen) atoms. The van der Waals surface area contributed by atoms with E-state index in [0.717, 1.165) is 0 Å². The minimum Gasteiger partial charge on any atom is -0.485 e. The van der Waals surface area contributed by atoms with E-state index in [2.05, 4.69) is 18.3 Å². The molecule has 0 saturated carbocycles. The molecule has 0 unspecified atom stereocenters. The van der Waals surface area contributed by atoms with Crippen LogP contribution in [-0.4, -0.2) is 6.72 Å². The topological polar surface area (TPSA) is 47.6 Å². The Bertz CT molecular complexity index is 472. The molecule has 0 aromatic heterocycles. The molecule has 1 aromatic rings. The zero-order valence-electron chi connectivity index (χ0n) is 9.12. The average molecular weight is 255 g/mol. The number of hydrogen-bond acceptors (Lipinski definition) is 3. The van der Waals surface area contributed by atoms with E-state index in [1.54, 1.807) is 12.1 Å². The Hall–Kier alpha value is -1.81. The zero-order chi connectivity index (χ0) is 12.8. The number of rotatable bonds is 5. The van der Waals surface area contributed by atoms with Crippen molar-refractivity contribution in [2.45, 2.75) is 6.61 Å². The number of allylic oxidation sites excluding steroid dienone is 1. The molecule has 90 valence electrons. The van der Waals surface area contributed by atoms with Crippen molar-refractivity contribution in [3.05, 3.63) is 58.8 Å². The highest BCUT2D eigenvalue weighted by Gasteiger charge is 2.07. The van der Waals surface area contributed by atoms with Crippen molar-refractivity contribution in [2.24, 2.45) is 10.7 Å². The summed E-state index contributed by atoms with van der Waals surface area (Å²) in [5.41, 5.74) is 5.82. The Labute approximate surface area is 104 Å². The monoisotopic (exact) mass is 254 g/mol.